The highest BCUT2D eigenvalue weighted by Crippen LogP contribution is 2.30. The van der Waals surface area contributed by atoms with Gasteiger partial charge in [0.05, 0.1) is 11.7 Å². The average molecular weight is 359 g/mol. The van der Waals surface area contributed by atoms with Crippen LogP contribution in [0.1, 0.15) is 28.4 Å². The van der Waals surface area contributed by atoms with Gasteiger partial charge in [0.15, 0.2) is 0 Å². The second-order valence-corrected chi connectivity index (χ2v) is 5.78. The predicted molar refractivity (Wildman–Crippen MR) is 79.0 cm³/mol. The summed E-state index contributed by atoms with van der Waals surface area (Å²) in [7, 11) is 0. The van der Waals surface area contributed by atoms with Crippen LogP contribution in [0.5, 0.6) is 0 Å². The monoisotopic (exact) mass is 358 g/mol. The van der Waals surface area contributed by atoms with E-state index in [4.69, 9.17) is 0 Å². The van der Waals surface area contributed by atoms with E-state index in [1.165, 1.54) is 12.1 Å². The van der Waals surface area contributed by atoms with Crippen molar-refractivity contribution in [3.63, 3.8) is 0 Å². The van der Waals surface area contributed by atoms with Gasteiger partial charge < -0.3 is 5.11 Å². The number of benzene rings is 2. The minimum absolute atomic E-state index is 0.277. The van der Waals surface area contributed by atoms with Crippen molar-refractivity contribution in [2.24, 2.45) is 0 Å². The Labute approximate surface area is 129 Å². The molecule has 1 atom stereocenters. The first kappa shape index (κ1) is 16.0. The van der Waals surface area contributed by atoms with Gasteiger partial charge in [0.1, 0.15) is 0 Å². The fourth-order valence-corrected chi connectivity index (χ4v) is 2.29. The molecule has 0 saturated carbocycles. The van der Waals surface area contributed by atoms with Crippen molar-refractivity contribution in [1.29, 1.82) is 0 Å². The maximum absolute atomic E-state index is 12.5. The van der Waals surface area contributed by atoms with Crippen LogP contribution in [0.15, 0.2) is 46.9 Å². The molecule has 0 spiro atoms. The molecule has 0 aliphatic heterocycles. The van der Waals surface area contributed by atoms with Gasteiger partial charge >= 0.3 is 6.18 Å². The van der Waals surface area contributed by atoms with E-state index in [0.29, 0.717) is 5.56 Å². The molecule has 2 aromatic rings. The number of aliphatic hydroxyl groups excluding tert-OH is 1. The quantitative estimate of drug-likeness (QED) is 0.813. The molecule has 5 heteroatoms. The maximum Gasteiger partial charge on any atom is 0.416 e. The molecule has 0 fully saturated rings. The van der Waals surface area contributed by atoms with E-state index in [-0.39, 0.29) is 6.42 Å². The fraction of sp³-hybridized carbons (Fsp3) is 0.250. The van der Waals surface area contributed by atoms with Gasteiger partial charge in [-0.25, -0.2) is 0 Å². The van der Waals surface area contributed by atoms with E-state index >= 15 is 0 Å². The third-order valence-corrected chi connectivity index (χ3v) is 4.17. The van der Waals surface area contributed by atoms with Gasteiger partial charge in [-0.3, -0.25) is 0 Å². The van der Waals surface area contributed by atoms with Gasteiger partial charge in [-0.15, -0.1) is 0 Å². The molecule has 0 aliphatic rings. The van der Waals surface area contributed by atoms with Crippen LogP contribution in [-0.4, -0.2) is 5.11 Å². The van der Waals surface area contributed by atoms with Crippen LogP contribution in [-0.2, 0) is 12.6 Å². The smallest absolute Gasteiger partial charge is 0.388 e. The molecule has 0 amide bonds. The number of hydrogen-bond donors (Lipinski definition) is 1. The Morgan fingerprint density at radius 3 is 2.24 bits per heavy atom. The van der Waals surface area contributed by atoms with Crippen molar-refractivity contribution in [3.8, 4) is 0 Å². The summed E-state index contributed by atoms with van der Waals surface area (Å²) < 4.78 is 38.4. The van der Waals surface area contributed by atoms with Crippen molar-refractivity contribution in [2.75, 3.05) is 0 Å². The SMILES string of the molecule is Cc1cc(C(O)Cc2ccc(C(F)(F)F)cc2)ccc1Br. The summed E-state index contributed by atoms with van der Waals surface area (Å²) in [6.45, 7) is 1.92. The summed E-state index contributed by atoms with van der Waals surface area (Å²) in [6.07, 6.45) is -4.80. The molecule has 1 N–H and O–H groups in total. The van der Waals surface area contributed by atoms with Gasteiger partial charge in [-0.2, -0.15) is 13.2 Å². The zero-order valence-electron chi connectivity index (χ0n) is 11.3. The van der Waals surface area contributed by atoms with Crippen LogP contribution in [0.4, 0.5) is 13.2 Å². The summed E-state index contributed by atoms with van der Waals surface area (Å²) in [5.74, 6) is 0. The highest BCUT2D eigenvalue weighted by molar-refractivity contribution is 9.10. The van der Waals surface area contributed by atoms with E-state index in [0.717, 1.165) is 27.7 Å². The minimum Gasteiger partial charge on any atom is -0.388 e. The molecular formula is C16H14BrF3O. The van der Waals surface area contributed by atoms with Gasteiger partial charge in [0.25, 0.3) is 0 Å². The predicted octanol–water partition coefficient (Wildman–Crippen LogP) is 5.05. The molecule has 0 heterocycles. The molecule has 112 valence electrons. The third-order valence-electron chi connectivity index (χ3n) is 3.28. The molecule has 2 aromatic carbocycles. The first-order valence-electron chi connectivity index (χ1n) is 6.37. The number of halogens is 4. The number of aliphatic hydroxyl groups is 1. The summed E-state index contributed by atoms with van der Waals surface area (Å²) in [5, 5.41) is 10.2. The van der Waals surface area contributed by atoms with Crippen molar-refractivity contribution in [2.45, 2.75) is 25.6 Å². The van der Waals surface area contributed by atoms with E-state index in [1.807, 2.05) is 19.1 Å². The highest BCUT2D eigenvalue weighted by Gasteiger charge is 2.29. The molecule has 0 saturated heterocycles. The largest absolute Gasteiger partial charge is 0.416 e. The molecule has 0 aromatic heterocycles. The lowest BCUT2D eigenvalue weighted by Crippen LogP contribution is -2.06. The first-order valence-corrected chi connectivity index (χ1v) is 7.17. The van der Waals surface area contributed by atoms with Crippen LogP contribution in [0.2, 0.25) is 0 Å². The van der Waals surface area contributed by atoms with E-state index in [2.05, 4.69) is 15.9 Å². The molecule has 0 radical (unpaired) electrons. The van der Waals surface area contributed by atoms with Crippen molar-refractivity contribution in [3.05, 3.63) is 69.2 Å². The molecule has 1 unspecified atom stereocenters. The number of alkyl halides is 3. The van der Waals surface area contributed by atoms with Gasteiger partial charge in [-0.05, 0) is 41.8 Å². The fourth-order valence-electron chi connectivity index (χ4n) is 2.05. The number of rotatable bonds is 3. The van der Waals surface area contributed by atoms with Crippen LogP contribution < -0.4 is 0 Å². The van der Waals surface area contributed by atoms with E-state index in [1.54, 1.807) is 6.07 Å². The second-order valence-electron chi connectivity index (χ2n) is 4.92. The Bertz CT molecular complexity index is 620. The Morgan fingerprint density at radius 2 is 1.71 bits per heavy atom. The van der Waals surface area contributed by atoms with Crippen molar-refractivity contribution < 1.29 is 18.3 Å². The Kier molecular flexibility index (Phi) is 4.74. The van der Waals surface area contributed by atoms with E-state index < -0.39 is 17.8 Å². The Morgan fingerprint density at radius 1 is 1.10 bits per heavy atom. The molecule has 1 nitrogen and oxygen atoms in total. The molecule has 0 aliphatic carbocycles. The average Bonchev–Trinajstić information content (AvgIpc) is 2.41. The lowest BCUT2D eigenvalue weighted by Gasteiger charge is -2.13. The number of hydrogen-bond acceptors (Lipinski definition) is 1. The van der Waals surface area contributed by atoms with Gasteiger partial charge in [0, 0.05) is 10.9 Å². The summed E-state index contributed by atoms with van der Waals surface area (Å²) in [4.78, 5) is 0. The van der Waals surface area contributed by atoms with Crippen LogP contribution in [0, 0.1) is 6.92 Å². The van der Waals surface area contributed by atoms with Crippen molar-refractivity contribution >= 4 is 15.9 Å². The second kappa shape index (κ2) is 6.20. The molecule has 0 bridgehead atoms. The summed E-state index contributed by atoms with van der Waals surface area (Å²) >= 11 is 3.38. The zero-order valence-corrected chi connectivity index (χ0v) is 12.9. The minimum atomic E-state index is -4.33. The van der Waals surface area contributed by atoms with Gasteiger partial charge in [0.2, 0.25) is 0 Å². The molecule has 21 heavy (non-hydrogen) atoms. The van der Waals surface area contributed by atoms with Crippen molar-refractivity contribution in [1.82, 2.24) is 0 Å². The Balaban J connectivity index is 2.12. The lowest BCUT2D eigenvalue weighted by molar-refractivity contribution is -0.137. The van der Waals surface area contributed by atoms with Crippen LogP contribution in [0.3, 0.4) is 0 Å². The number of aryl methyl sites for hydroxylation is 1. The standard InChI is InChI=1S/C16H14BrF3O/c1-10-8-12(4-7-14(10)17)15(21)9-11-2-5-13(6-3-11)16(18,19)20/h2-8,15,21H,9H2,1H3. The lowest BCUT2D eigenvalue weighted by atomic mass is 9.99. The maximum atomic E-state index is 12.5. The Hall–Kier alpha value is -1.33. The summed E-state index contributed by atoms with van der Waals surface area (Å²) in [6, 6.07) is 10.4. The van der Waals surface area contributed by atoms with Crippen LogP contribution >= 0.6 is 15.9 Å². The zero-order chi connectivity index (χ0) is 15.6. The molecular weight excluding hydrogens is 345 g/mol. The topological polar surface area (TPSA) is 20.2 Å². The molecule has 2 rings (SSSR count). The summed E-state index contributed by atoms with van der Waals surface area (Å²) in [5.41, 5.74) is 1.73. The third kappa shape index (κ3) is 4.08. The van der Waals surface area contributed by atoms with Gasteiger partial charge in [-0.1, -0.05) is 40.2 Å². The highest BCUT2D eigenvalue weighted by atomic mass is 79.9. The normalized spacial score (nSPS) is 13.2. The van der Waals surface area contributed by atoms with E-state index in [9.17, 15) is 18.3 Å². The first-order chi connectivity index (χ1) is 9.77. The van der Waals surface area contributed by atoms with Crippen LogP contribution in [0.25, 0.3) is 0 Å².